The van der Waals surface area contributed by atoms with E-state index in [2.05, 4.69) is 5.32 Å². The monoisotopic (exact) mass is 557 g/mol. The summed E-state index contributed by atoms with van der Waals surface area (Å²) in [4.78, 5) is 23.7. The number of piperazine rings is 1. The molecule has 0 unspecified atom stereocenters. The van der Waals surface area contributed by atoms with E-state index in [1.165, 1.54) is 4.31 Å². The summed E-state index contributed by atoms with van der Waals surface area (Å²) in [7, 11) is -3.76. The van der Waals surface area contributed by atoms with Crippen LogP contribution in [-0.2, 0) is 26.2 Å². The summed E-state index contributed by atoms with van der Waals surface area (Å²) in [6.07, 6.45) is -4.91. The van der Waals surface area contributed by atoms with Crippen molar-refractivity contribution in [2.75, 3.05) is 32.7 Å². The number of rotatable bonds is 7. The standard InChI is InChI=1S/C24H33N3O3S.C2HF3O2/c1-18-5-7-22(8-6-18)17-27(12-9-24(28)26-13-10-25-11-14-26)31(29,30)23-16-20(3)19(2)15-21(23)4;3-2(4,5)1(6)7/h5-8,15-16,25H,9-14,17H2,1-4H3;(H,6,7). The number of halogens is 3. The van der Waals surface area contributed by atoms with Crippen LogP contribution in [0.5, 0.6) is 0 Å². The van der Waals surface area contributed by atoms with Crippen LogP contribution in [0.15, 0.2) is 41.3 Å². The zero-order valence-corrected chi connectivity index (χ0v) is 22.7. The number of sulfonamides is 1. The van der Waals surface area contributed by atoms with Crippen molar-refractivity contribution in [3.8, 4) is 0 Å². The number of nitrogens with zero attached hydrogens (tertiary/aromatic N) is 2. The summed E-state index contributed by atoms with van der Waals surface area (Å²) >= 11 is 0. The van der Waals surface area contributed by atoms with Gasteiger partial charge < -0.3 is 15.3 Å². The van der Waals surface area contributed by atoms with Gasteiger partial charge in [0.05, 0.1) is 4.90 Å². The van der Waals surface area contributed by atoms with Crippen LogP contribution in [0.4, 0.5) is 13.2 Å². The van der Waals surface area contributed by atoms with Crippen LogP contribution in [0.25, 0.3) is 0 Å². The van der Waals surface area contributed by atoms with E-state index in [1.54, 1.807) is 6.07 Å². The zero-order chi connectivity index (χ0) is 28.7. The lowest BCUT2D eigenvalue weighted by Gasteiger charge is -2.29. The van der Waals surface area contributed by atoms with E-state index >= 15 is 0 Å². The number of carboxylic acids is 1. The highest BCUT2D eigenvalue weighted by Crippen LogP contribution is 2.25. The predicted octanol–water partition coefficient (Wildman–Crippen LogP) is 3.57. The van der Waals surface area contributed by atoms with Crippen molar-refractivity contribution in [1.82, 2.24) is 14.5 Å². The van der Waals surface area contributed by atoms with Crippen molar-refractivity contribution in [3.05, 3.63) is 64.2 Å². The topological polar surface area (TPSA) is 107 Å². The van der Waals surface area contributed by atoms with Crippen LogP contribution in [0.1, 0.15) is 34.2 Å². The first-order valence-electron chi connectivity index (χ1n) is 12.0. The second-order valence-corrected chi connectivity index (χ2v) is 11.1. The molecule has 0 aromatic heterocycles. The van der Waals surface area contributed by atoms with Crippen LogP contribution in [0.2, 0.25) is 0 Å². The van der Waals surface area contributed by atoms with Crippen molar-refractivity contribution in [3.63, 3.8) is 0 Å². The lowest BCUT2D eigenvalue weighted by molar-refractivity contribution is -0.192. The maximum absolute atomic E-state index is 13.7. The fourth-order valence-corrected chi connectivity index (χ4v) is 5.55. The van der Waals surface area contributed by atoms with Gasteiger partial charge in [-0.15, -0.1) is 0 Å². The van der Waals surface area contributed by atoms with Crippen molar-refractivity contribution in [1.29, 1.82) is 0 Å². The number of carboxylic acid groups (broad SMARTS) is 1. The molecule has 1 heterocycles. The molecule has 210 valence electrons. The number of aryl methyl sites for hydroxylation is 4. The summed E-state index contributed by atoms with van der Waals surface area (Å²) in [5.41, 5.74) is 4.76. The van der Waals surface area contributed by atoms with E-state index in [1.807, 2.05) is 62.9 Å². The minimum absolute atomic E-state index is 0.00224. The number of hydrogen-bond donors (Lipinski definition) is 2. The van der Waals surface area contributed by atoms with Gasteiger partial charge in [-0.25, -0.2) is 13.2 Å². The van der Waals surface area contributed by atoms with E-state index in [4.69, 9.17) is 9.90 Å². The van der Waals surface area contributed by atoms with Gasteiger partial charge in [0.1, 0.15) is 0 Å². The summed E-state index contributed by atoms with van der Waals surface area (Å²) in [5, 5.41) is 10.4. The molecule has 38 heavy (non-hydrogen) atoms. The number of amides is 1. The molecule has 1 aliphatic rings. The Kier molecular flexibility index (Phi) is 10.9. The normalized spacial score (nSPS) is 14.2. The van der Waals surface area contributed by atoms with Gasteiger partial charge in [0, 0.05) is 45.7 Å². The van der Waals surface area contributed by atoms with Gasteiger partial charge >= 0.3 is 12.1 Å². The van der Waals surface area contributed by atoms with Crippen LogP contribution < -0.4 is 5.32 Å². The largest absolute Gasteiger partial charge is 0.490 e. The molecule has 0 atom stereocenters. The highest BCUT2D eigenvalue weighted by atomic mass is 32.2. The number of carbonyl (C=O) groups is 2. The fraction of sp³-hybridized carbons (Fsp3) is 0.462. The van der Waals surface area contributed by atoms with Gasteiger partial charge in [-0.2, -0.15) is 17.5 Å². The van der Waals surface area contributed by atoms with E-state index in [9.17, 15) is 26.4 Å². The molecule has 12 heteroatoms. The van der Waals surface area contributed by atoms with Gasteiger partial charge in [-0.05, 0) is 56.0 Å². The lowest BCUT2D eigenvalue weighted by atomic mass is 10.1. The molecule has 1 fully saturated rings. The molecule has 1 saturated heterocycles. The molecule has 2 aromatic carbocycles. The number of nitrogens with one attached hydrogen (secondary N) is 1. The van der Waals surface area contributed by atoms with Crippen LogP contribution in [0, 0.1) is 27.7 Å². The second kappa shape index (κ2) is 13.2. The Morgan fingerprint density at radius 3 is 2.03 bits per heavy atom. The Labute approximate surface area is 221 Å². The van der Waals surface area contributed by atoms with Crippen molar-refractivity contribution >= 4 is 21.9 Å². The maximum atomic E-state index is 13.7. The van der Waals surface area contributed by atoms with Gasteiger partial charge in [-0.1, -0.05) is 35.9 Å². The number of hydrogen-bond acceptors (Lipinski definition) is 5. The molecule has 8 nitrogen and oxygen atoms in total. The molecular formula is C26H34F3N3O5S. The summed E-state index contributed by atoms with van der Waals surface area (Å²) < 4.78 is 60.5. The molecule has 0 bridgehead atoms. The van der Waals surface area contributed by atoms with E-state index < -0.39 is 22.2 Å². The van der Waals surface area contributed by atoms with Gasteiger partial charge in [0.2, 0.25) is 15.9 Å². The highest BCUT2D eigenvalue weighted by Gasteiger charge is 2.38. The number of carbonyl (C=O) groups excluding carboxylic acids is 1. The molecule has 0 radical (unpaired) electrons. The molecular weight excluding hydrogens is 523 g/mol. The Balaban J connectivity index is 0.000000638. The predicted molar refractivity (Wildman–Crippen MR) is 137 cm³/mol. The Bertz CT molecular complexity index is 1230. The van der Waals surface area contributed by atoms with Crippen LogP contribution >= 0.6 is 0 Å². The SMILES string of the molecule is Cc1ccc(CN(CCC(=O)N2CCNCC2)S(=O)(=O)c2cc(C)c(C)cc2C)cc1.O=C(O)C(F)(F)F. The van der Waals surface area contributed by atoms with E-state index in [0.717, 1.165) is 40.9 Å². The minimum atomic E-state index is -5.08. The zero-order valence-electron chi connectivity index (χ0n) is 21.9. The van der Waals surface area contributed by atoms with Gasteiger partial charge in [0.25, 0.3) is 0 Å². The van der Waals surface area contributed by atoms with Gasteiger partial charge in [-0.3, -0.25) is 4.79 Å². The van der Waals surface area contributed by atoms with Crippen molar-refractivity contribution in [2.45, 2.75) is 51.7 Å². The summed E-state index contributed by atoms with van der Waals surface area (Å²) in [5.74, 6) is -2.75. The smallest absolute Gasteiger partial charge is 0.475 e. The van der Waals surface area contributed by atoms with Crippen LogP contribution in [0.3, 0.4) is 0 Å². The molecule has 0 spiro atoms. The molecule has 0 aliphatic carbocycles. The fourth-order valence-electron chi connectivity index (χ4n) is 3.83. The van der Waals surface area contributed by atoms with Crippen LogP contribution in [-0.4, -0.2) is 73.5 Å². The molecule has 1 aliphatic heterocycles. The number of alkyl halides is 3. The maximum Gasteiger partial charge on any atom is 0.490 e. The van der Waals surface area contributed by atoms with Crippen molar-refractivity contribution in [2.24, 2.45) is 0 Å². The third kappa shape index (κ3) is 8.81. The Morgan fingerprint density at radius 2 is 1.50 bits per heavy atom. The Morgan fingerprint density at radius 1 is 0.974 bits per heavy atom. The average molecular weight is 558 g/mol. The first-order chi connectivity index (χ1) is 17.6. The molecule has 2 N–H and O–H groups in total. The van der Waals surface area contributed by atoms with E-state index in [-0.39, 0.29) is 25.4 Å². The first kappa shape index (κ1) is 31.3. The average Bonchev–Trinajstić information content (AvgIpc) is 2.85. The number of aliphatic carboxylic acids is 1. The minimum Gasteiger partial charge on any atom is -0.475 e. The van der Waals surface area contributed by atoms with Gasteiger partial charge in [0.15, 0.2) is 0 Å². The first-order valence-corrected chi connectivity index (χ1v) is 13.5. The summed E-state index contributed by atoms with van der Waals surface area (Å²) in [6, 6.07) is 11.5. The molecule has 0 saturated carbocycles. The molecule has 2 aromatic rings. The molecule has 3 rings (SSSR count). The second-order valence-electron chi connectivity index (χ2n) is 9.21. The Hall–Kier alpha value is -2.96. The van der Waals surface area contributed by atoms with Crippen molar-refractivity contribution < 1.29 is 36.3 Å². The molecule has 1 amide bonds. The third-order valence-electron chi connectivity index (χ3n) is 6.18. The quantitative estimate of drug-likeness (QED) is 0.539. The third-order valence-corrected chi connectivity index (χ3v) is 8.16. The number of benzene rings is 2. The lowest BCUT2D eigenvalue weighted by Crippen LogP contribution is -2.47. The summed E-state index contributed by atoms with van der Waals surface area (Å²) in [6.45, 7) is 11.0. The highest BCUT2D eigenvalue weighted by molar-refractivity contribution is 7.89. The van der Waals surface area contributed by atoms with E-state index in [0.29, 0.717) is 18.0 Å².